The van der Waals surface area contributed by atoms with E-state index in [0.717, 1.165) is 27.2 Å². The van der Waals surface area contributed by atoms with Crippen molar-refractivity contribution in [1.29, 1.82) is 0 Å². The zero-order valence-corrected chi connectivity index (χ0v) is 10.4. The topological polar surface area (TPSA) is 38.9 Å². The number of fused-ring (bicyclic) bond motifs is 1. The van der Waals surface area contributed by atoms with Crippen LogP contribution < -0.4 is 5.73 Å². The van der Waals surface area contributed by atoms with Crippen LogP contribution in [0.5, 0.6) is 0 Å². The van der Waals surface area contributed by atoms with E-state index in [4.69, 9.17) is 5.73 Å². The summed E-state index contributed by atoms with van der Waals surface area (Å²) in [5.74, 6) is 0.681. The highest BCUT2D eigenvalue weighted by Crippen LogP contribution is 2.32. The van der Waals surface area contributed by atoms with Crippen LogP contribution in [0.2, 0.25) is 0 Å². The number of nitrogens with two attached hydrogens (primary N) is 1. The highest BCUT2D eigenvalue weighted by atomic mass is 32.1. The third-order valence-corrected chi connectivity index (χ3v) is 3.38. The Bertz CT molecular complexity index is 512. The molecular weight excluding hydrogens is 216 g/mol. The maximum absolute atomic E-state index is 6.00. The number of pyridine rings is 1. The average Bonchev–Trinajstić information content (AvgIpc) is 2.55. The van der Waals surface area contributed by atoms with Crippen LogP contribution in [-0.2, 0) is 0 Å². The molecule has 0 bridgehead atoms. The van der Waals surface area contributed by atoms with Gasteiger partial charge in [0.15, 0.2) is 0 Å². The van der Waals surface area contributed by atoms with Crippen LogP contribution in [0.3, 0.4) is 0 Å². The molecule has 0 aliphatic heterocycles. The van der Waals surface area contributed by atoms with E-state index < -0.39 is 0 Å². The summed E-state index contributed by atoms with van der Waals surface area (Å²) in [5.41, 5.74) is 7.12. The first-order chi connectivity index (χ1) is 7.68. The minimum Gasteiger partial charge on any atom is -0.390 e. The van der Waals surface area contributed by atoms with Gasteiger partial charge in [0.1, 0.15) is 4.83 Å². The normalized spacial score (nSPS) is 11.9. The molecule has 16 heavy (non-hydrogen) atoms. The standard InChI is InChI=1S/C13H16N2S/c1-9(2)5-3-6-10-11-7-4-8-15-13(11)16-12(10)14/h3-4,6-9H,5,14H2,1-2H3/b6-3-. The average molecular weight is 232 g/mol. The van der Waals surface area contributed by atoms with Crippen molar-refractivity contribution in [2.45, 2.75) is 20.3 Å². The van der Waals surface area contributed by atoms with Crippen molar-refractivity contribution in [2.24, 2.45) is 5.92 Å². The van der Waals surface area contributed by atoms with Crippen molar-refractivity contribution in [2.75, 3.05) is 5.73 Å². The summed E-state index contributed by atoms with van der Waals surface area (Å²) in [4.78, 5) is 5.33. The Balaban J connectivity index is 2.36. The molecule has 0 fully saturated rings. The van der Waals surface area contributed by atoms with Crippen molar-refractivity contribution < 1.29 is 0 Å². The Kier molecular flexibility index (Phi) is 3.25. The van der Waals surface area contributed by atoms with E-state index >= 15 is 0 Å². The lowest BCUT2D eigenvalue weighted by molar-refractivity contribution is 0.665. The predicted molar refractivity (Wildman–Crippen MR) is 72.5 cm³/mol. The zero-order valence-electron chi connectivity index (χ0n) is 9.60. The van der Waals surface area contributed by atoms with Crippen LogP contribution >= 0.6 is 11.3 Å². The number of hydrogen-bond donors (Lipinski definition) is 1. The second kappa shape index (κ2) is 4.66. The lowest BCUT2D eigenvalue weighted by Crippen LogP contribution is -1.84. The Morgan fingerprint density at radius 3 is 3.06 bits per heavy atom. The number of nitrogens with zero attached hydrogens (tertiary/aromatic N) is 1. The first kappa shape index (κ1) is 11.1. The zero-order chi connectivity index (χ0) is 11.5. The number of rotatable bonds is 3. The molecule has 2 aromatic heterocycles. The van der Waals surface area contributed by atoms with Crippen molar-refractivity contribution in [3.8, 4) is 0 Å². The van der Waals surface area contributed by atoms with Crippen LogP contribution in [0.25, 0.3) is 16.3 Å². The number of hydrogen-bond acceptors (Lipinski definition) is 3. The number of anilines is 1. The second-order valence-electron chi connectivity index (χ2n) is 4.27. The van der Waals surface area contributed by atoms with Gasteiger partial charge in [-0.25, -0.2) is 4.98 Å². The second-order valence-corrected chi connectivity index (χ2v) is 5.30. The van der Waals surface area contributed by atoms with Gasteiger partial charge in [-0.3, -0.25) is 0 Å². The fourth-order valence-electron chi connectivity index (χ4n) is 1.60. The minimum atomic E-state index is 0.681. The maximum Gasteiger partial charge on any atom is 0.125 e. The molecule has 0 saturated carbocycles. The molecule has 84 valence electrons. The largest absolute Gasteiger partial charge is 0.390 e. The first-order valence-corrected chi connectivity index (χ1v) is 6.29. The molecule has 0 amide bonds. The molecule has 0 spiro atoms. The molecule has 0 radical (unpaired) electrons. The van der Waals surface area contributed by atoms with E-state index in [-0.39, 0.29) is 0 Å². The molecule has 2 nitrogen and oxygen atoms in total. The molecule has 0 aromatic carbocycles. The molecule has 2 rings (SSSR count). The summed E-state index contributed by atoms with van der Waals surface area (Å²) >= 11 is 1.55. The highest BCUT2D eigenvalue weighted by molar-refractivity contribution is 7.22. The van der Waals surface area contributed by atoms with Gasteiger partial charge in [-0.1, -0.05) is 37.3 Å². The third-order valence-electron chi connectivity index (χ3n) is 2.43. The smallest absolute Gasteiger partial charge is 0.125 e. The van der Waals surface area contributed by atoms with E-state index in [0.29, 0.717) is 5.92 Å². The highest BCUT2D eigenvalue weighted by Gasteiger charge is 2.06. The van der Waals surface area contributed by atoms with Gasteiger partial charge in [-0.2, -0.15) is 0 Å². The predicted octanol–water partition coefficient (Wildman–Crippen LogP) is 3.94. The van der Waals surface area contributed by atoms with E-state index in [2.05, 4.69) is 37.0 Å². The van der Waals surface area contributed by atoms with Crippen LogP contribution in [0.4, 0.5) is 5.00 Å². The lowest BCUT2D eigenvalue weighted by atomic mass is 10.1. The van der Waals surface area contributed by atoms with Crippen LogP contribution in [0.1, 0.15) is 25.8 Å². The molecule has 3 heteroatoms. The van der Waals surface area contributed by atoms with E-state index in [1.165, 1.54) is 0 Å². The summed E-state index contributed by atoms with van der Waals surface area (Å²) in [6.07, 6.45) is 7.20. The SMILES string of the molecule is CC(C)C/C=C\c1c(N)sc2ncccc12. The fraction of sp³-hybridized carbons (Fsp3) is 0.308. The third kappa shape index (κ3) is 2.25. The number of nitrogen functional groups attached to an aromatic ring is 1. The maximum atomic E-state index is 6.00. The van der Waals surface area contributed by atoms with Gasteiger partial charge in [0.2, 0.25) is 0 Å². The summed E-state index contributed by atoms with van der Waals surface area (Å²) in [6.45, 7) is 4.42. The quantitative estimate of drug-likeness (QED) is 0.870. The number of aromatic nitrogens is 1. The van der Waals surface area contributed by atoms with Crippen LogP contribution in [0, 0.1) is 5.92 Å². The van der Waals surface area contributed by atoms with Gasteiger partial charge in [0.05, 0.1) is 5.00 Å². The van der Waals surface area contributed by atoms with Crippen LogP contribution in [0.15, 0.2) is 24.4 Å². The molecular formula is C13H16N2S. The fourth-order valence-corrected chi connectivity index (χ4v) is 2.50. The minimum absolute atomic E-state index is 0.681. The van der Waals surface area contributed by atoms with E-state index in [1.54, 1.807) is 17.5 Å². The molecule has 0 saturated heterocycles. The van der Waals surface area contributed by atoms with Gasteiger partial charge in [-0.15, -0.1) is 0 Å². The van der Waals surface area contributed by atoms with Crippen molar-refractivity contribution >= 4 is 32.6 Å². The van der Waals surface area contributed by atoms with Crippen molar-refractivity contribution in [3.05, 3.63) is 30.0 Å². The summed E-state index contributed by atoms with van der Waals surface area (Å²) in [6, 6.07) is 4.03. The Hall–Kier alpha value is -1.35. The van der Waals surface area contributed by atoms with Crippen molar-refractivity contribution in [3.63, 3.8) is 0 Å². The molecule has 2 N–H and O–H groups in total. The van der Waals surface area contributed by atoms with Gasteiger partial charge in [0.25, 0.3) is 0 Å². The van der Waals surface area contributed by atoms with E-state index in [1.807, 2.05) is 6.07 Å². The summed E-state index contributed by atoms with van der Waals surface area (Å²) in [5, 5.41) is 2.01. The van der Waals surface area contributed by atoms with Gasteiger partial charge < -0.3 is 5.73 Å². The number of thiophene rings is 1. The molecule has 0 aliphatic carbocycles. The lowest BCUT2D eigenvalue weighted by Gasteiger charge is -1.97. The van der Waals surface area contributed by atoms with Gasteiger partial charge in [0, 0.05) is 17.1 Å². The Labute approximate surface area is 99.8 Å². The van der Waals surface area contributed by atoms with E-state index in [9.17, 15) is 0 Å². The van der Waals surface area contributed by atoms with Crippen molar-refractivity contribution in [1.82, 2.24) is 4.98 Å². The first-order valence-electron chi connectivity index (χ1n) is 5.48. The molecule has 2 heterocycles. The number of allylic oxidation sites excluding steroid dienone is 1. The molecule has 0 unspecified atom stereocenters. The Morgan fingerprint density at radius 2 is 2.31 bits per heavy atom. The monoisotopic (exact) mass is 232 g/mol. The van der Waals surface area contributed by atoms with Crippen LogP contribution in [-0.4, -0.2) is 4.98 Å². The molecule has 2 aromatic rings. The van der Waals surface area contributed by atoms with Gasteiger partial charge >= 0.3 is 0 Å². The Morgan fingerprint density at radius 1 is 1.50 bits per heavy atom. The molecule has 0 atom stereocenters. The summed E-state index contributed by atoms with van der Waals surface area (Å²) < 4.78 is 0. The summed E-state index contributed by atoms with van der Waals surface area (Å²) in [7, 11) is 0. The molecule has 0 aliphatic rings. The van der Waals surface area contributed by atoms with Gasteiger partial charge in [-0.05, 0) is 24.5 Å².